The van der Waals surface area contributed by atoms with Gasteiger partial charge in [0.05, 0.1) is 13.2 Å². The van der Waals surface area contributed by atoms with E-state index in [0.29, 0.717) is 23.1 Å². The predicted octanol–water partition coefficient (Wildman–Crippen LogP) is 2.87. The average molecular weight is 363 g/mol. The van der Waals surface area contributed by atoms with Gasteiger partial charge in [-0.15, -0.1) is 0 Å². The fraction of sp³-hybridized carbons (Fsp3) is 0.222. The molecule has 0 saturated carbocycles. The first-order valence-corrected chi connectivity index (χ1v) is 8.12. The van der Waals surface area contributed by atoms with Crippen molar-refractivity contribution in [3.05, 3.63) is 53.6 Å². The van der Waals surface area contributed by atoms with Crippen LogP contribution in [0.15, 0.2) is 48.5 Å². The van der Waals surface area contributed by atoms with E-state index in [1.807, 2.05) is 6.92 Å². The molecule has 2 amide bonds. The minimum Gasteiger partial charge on any atom is -0.494 e. The Balaban J connectivity index is 1.69. The van der Waals surface area contributed by atoms with Gasteiger partial charge in [0.2, 0.25) is 5.91 Å². The number of hydrogen-bond donors (Lipinski definition) is 2. The molecule has 0 fully saturated rings. The standard InChI is InChI=1S/C18H19ClN2O4/c1-2-24-15-9-5-14(6-10-15)21-17(22)11-20-18(23)12-25-16-7-3-13(19)4-8-16/h3-10H,2,11-12H2,1H3,(H,20,23)(H,21,22). The van der Waals surface area contributed by atoms with Gasteiger partial charge in [-0.1, -0.05) is 11.6 Å². The first-order chi connectivity index (χ1) is 12.1. The van der Waals surface area contributed by atoms with Crippen molar-refractivity contribution in [3.8, 4) is 11.5 Å². The van der Waals surface area contributed by atoms with Crippen molar-refractivity contribution in [1.29, 1.82) is 0 Å². The summed E-state index contributed by atoms with van der Waals surface area (Å²) in [5, 5.41) is 5.76. The highest BCUT2D eigenvalue weighted by atomic mass is 35.5. The van der Waals surface area contributed by atoms with Crippen molar-refractivity contribution in [2.75, 3.05) is 25.1 Å². The monoisotopic (exact) mass is 362 g/mol. The topological polar surface area (TPSA) is 76.7 Å². The summed E-state index contributed by atoms with van der Waals surface area (Å²) in [4.78, 5) is 23.5. The lowest BCUT2D eigenvalue weighted by Crippen LogP contribution is -2.35. The summed E-state index contributed by atoms with van der Waals surface area (Å²) in [6, 6.07) is 13.6. The van der Waals surface area contributed by atoms with Gasteiger partial charge in [0, 0.05) is 10.7 Å². The van der Waals surface area contributed by atoms with E-state index in [9.17, 15) is 9.59 Å². The second-order valence-corrected chi connectivity index (χ2v) is 5.46. The Kier molecular flexibility index (Phi) is 7.10. The summed E-state index contributed by atoms with van der Waals surface area (Å²) < 4.78 is 10.6. The SMILES string of the molecule is CCOc1ccc(NC(=O)CNC(=O)COc2ccc(Cl)cc2)cc1. The fourth-order valence-electron chi connectivity index (χ4n) is 1.92. The molecule has 0 aliphatic rings. The van der Waals surface area contributed by atoms with Crippen LogP contribution in [0.3, 0.4) is 0 Å². The Bertz CT molecular complexity index is 702. The van der Waals surface area contributed by atoms with Crippen LogP contribution in [0, 0.1) is 0 Å². The Morgan fingerprint density at radius 1 is 0.920 bits per heavy atom. The zero-order valence-electron chi connectivity index (χ0n) is 13.8. The summed E-state index contributed by atoms with van der Waals surface area (Å²) in [5.74, 6) is 0.535. The van der Waals surface area contributed by atoms with Crippen LogP contribution in [-0.4, -0.2) is 31.6 Å². The molecule has 2 N–H and O–H groups in total. The van der Waals surface area contributed by atoms with Crippen LogP contribution < -0.4 is 20.1 Å². The maximum Gasteiger partial charge on any atom is 0.258 e. The summed E-state index contributed by atoms with van der Waals surface area (Å²) >= 11 is 5.76. The predicted molar refractivity (Wildman–Crippen MR) is 96.2 cm³/mol. The molecule has 0 aliphatic heterocycles. The third-order valence-electron chi connectivity index (χ3n) is 3.08. The lowest BCUT2D eigenvalue weighted by atomic mass is 10.3. The summed E-state index contributed by atoms with van der Waals surface area (Å²) in [6.07, 6.45) is 0. The normalized spacial score (nSPS) is 10.0. The molecule has 0 radical (unpaired) electrons. The molecule has 7 heteroatoms. The zero-order valence-corrected chi connectivity index (χ0v) is 14.5. The summed E-state index contributed by atoms with van der Waals surface area (Å²) in [6.45, 7) is 2.15. The van der Waals surface area contributed by atoms with Gasteiger partial charge in [-0.2, -0.15) is 0 Å². The number of rotatable bonds is 8. The number of carbonyl (C=O) groups is 2. The summed E-state index contributed by atoms with van der Waals surface area (Å²) in [5.41, 5.74) is 0.625. The number of ether oxygens (including phenoxy) is 2. The quantitative estimate of drug-likeness (QED) is 0.757. The molecule has 6 nitrogen and oxygen atoms in total. The first kappa shape index (κ1) is 18.6. The van der Waals surface area contributed by atoms with Gasteiger partial charge in [-0.3, -0.25) is 9.59 Å². The third-order valence-corrected chi connectivity index (χ3v) is 3.33. The first-order valence-electron chi connectivity index (χ1n) is 7.74. The molecule has 0 heterocycles. The van der Waals surface area contributed by atoms with Crippen LogP contribution in [0.2, 0.25) is 5.02 Å². The number of anilines is 1. The van der Waals surface area contributed by atoms with Crippen LogP contribution in [0.5, 0.6) is 11.5 Å². The molecule has 25 heavy (non-hydrogen) atoms. The maximum absolute atomic E-state index is 11.8. The largest absolute Gasteiger partial charge is 0.494 e. The minimum absolute atomic E-state index is 0.143. The Labute approximate surface area is 151 Å². The number of halogens is 1. The molecule has 0 aromatic heterocycles. The molecule has 0 bridgehead atoms. The van der Waals surface area contributed by atoms with Crippen molar-refractivity contribution in [2.24, 2.45) is 0 Å². The molecule has 2 rings (SSSR count). The second-order valence-electron chi connectivity index (χ2n) is 5.02. The van der Waals surface area contributed by atoms with E-state index >= 15 is 0 Å². The number of amides is 2. The number of hydrogen-bond acceptors (Lipinski definition) is 4. The van der Waals surface area contributed by atoms with E-state index in [0.717, 1.165) is 5.75 Å². The van der Waals surface area contributed by atoms with E-state index in [2.05, 4.69) is 10.6 Å². The molecule has 0 aliphatic carbocycles. The lowest BCUT2D eigenvalue weighted by Gasteiger charge is -2.09. The van der Waals surface area contributed by atoms with Gasteiger partial charge in [0.15, 0.2) is 6.61 Å². The molecule has 132 valence electrons. The third kappa shape index (κ3) is 6.73. The fourth-order valence-corrected chi connectivity index (χ4v) is 2.04. The highest BCUT2D eigenvalue weighted by molar-refractivity contribution is 6.30. The maximum atomic E-state index is 11.8. The molecule has 0 spiro atoms. The van der Waals surface area contributed by atoms with Crippen LogP contribution >= 0.6 is 11.6 Å². The number of nitrogens with one attached hydrogen (secondary N) is 2. The van der Waals surface area contributed by atoms with Crippen LogP contribution in [0.1, 0.15) is 6.92 Å². The van der Waals surface area contributed by atoms with Crippen molar-refractivity contribution >= 4 is 29.1 Å². The highest BCUT2D eigenvalue weighted by Gasteiger charge is 2.07. The van der Waals surface area contributed by atoms with E-state index in [-0.39, 0.29) is 19.1 Å². The van der Waals surface area contributed by atoms with Gasteiger partial charge >= 0.3 is 0 Å². The average Bonchev–Trinajstić information content (AvgIpc) is 2.61. The number of carbonyl (C=O) groups excluding carboxylic acids is 2. The Morgan fingerprint density at radius 2 is 1.52 bits per heavy atom. The van der Waals surface area contributed by atoms with Crippen LogP contribution in [0.25, 0.3) is 0 Å². The molecule has 0 unspecified atom stereocenters. The smallest absolute Gasteiger partial charge is 0.258 e. The Hall–Kier alpha value is -2.73. The molecule has 2 aromatic rings. The second kappa shape index (κ2) is 9.54. The molecular formula is C18H19ClN2O4. The molecule has 2 aromatic carbocycles. The van der Waals surface area contributed by atoms with E-state index < -0.39 is 5.91 Å². The van der Waals surface area contributed by atoms with Crippen molar-refractivity contribution in [2.45, 2.75) is 6.92 Å². The molecular weight excluding hydrogens is 344 g/mol. The van der Waals surface area contributed by atoms with E-state index in [1.165, 1.54) is 0 Å². The van der Waals surface area contributed by atoms with Crippen molar-refractivity contribution in [1.82, 2.24) is 5.32 Å². The van der Waals surface area contributed by atoms with Gasteiger partial charge in [0.1, 0.15) is 11.5 Å². The minimum atomic E-state index is -0.392. The van der Waals surface area contributed by atoms with Gasteiger partial charge in [-0.05, 0) is 55.5 Å². The van der Waals surface area contributed by atoms with Gasteiger partial charge < -0.3 is 20.1 Å². The van der Waals surface area contributed by atoms with Crippen molar-refractivity contribution < 1.29 is 19.1 Å². The summed E-state index contributed by atoms with van der Waals surface area (Å²) in [7, 11) is 0. The van der Waals surface area contributed by atoms with E-state index in [1.54, 1.807) is 48.5 Å². The van der Waals surface area contributed by atoms with Gasteiger partial charge in [-0.25, -0.2) is 0 Å². The van der Waals surface area contributed by atoms with Crippen molar-refractivity contribution in [3.63, 3.8) is 0 Å². The Morgan fingerprint density at radius 3 is 2.16 bits per heavy atom. The number of benzene rings is 2. The van der Waals surface area contributed by atoms with Crippen LogP contribution in [-0.2, 0) is 9.59 Å². The van der Waals surface area contributed by atoms with E-state index in [4.69, 9.17) is 21.1 Å². The van der Waals surface area contributed by atoms with Gasteiger partial charge in [0.25, 0.3) is 5.91 Å². The lowest BCUT2D eigenvalue weighted by molar-refractivity contribution is -0.125. The van der Waals surface area contributed by atoms with Crippen LogP contribution in [0.4, 0.5) is 5.69 Å². The highest BCUT2D eigenvalue weighted by Crippen LogP contribution is 2.16. The molecule has 0 atom stereocenters. The molecule has 0 saturated heterocycles. The zero-order chi connectivity index (χ0) is 18.1.